The average molecular weight is 242 g/mol. The quantitative estimate of drug-likeness (QED) is 0.756. The Morgan fingerprint density at radius 2 is 2.13 bits per heavy atom. The largest absolute Gasteiger partial charge is 0.335 e. The van der Waals surface area contributed by atoms with Gasteiger partial charge in [-0.25, -0.2) is 4.98 Å². The summed E-state index contributed by atoms with van der Waals surface area (Å²) in [4.78, 5) is 18.0. The van der Waals surface area contributed by atoms with E-state index < -0.39 is 0 Å². The van der Waals surface area contributed by atoms with Crippen molar-refractivity contribution >= 4 is 29.0 Å². The molecule has 2 atom stereocenters. The fourth-order valence-electron chi connectivity index (χ4n) is 1.82. The molecule has 2 unspecified atom stereocenters. The number of nitrogens with zero attached hydrogens (tertiary/aromatic N) is 2. The maximum Gasteiger partial charge on any atom is 0.273 e. The molecule has 1 aliphatic heterocycles. The highest BCUT2D eigenvalue weighted by Gasteiger charge is 2.27. The van der Waals surface area contributed by atoms with Gasteiger partial charge >= 0.3 is 0 Å². The van der Waals surface area contributed by atoms with Gasteiger partial charge in [0.25, 0.3) is 5.91 Å². The monoisotopic (exact) mass is 242 g/mol. The van der Waals surface area contributed by atoms with Gasteiger partial charge in [0.05, 0.1) is 5.51 Å². The van der Waals surface area contributed by atoms with Crippen molar-refractivity contribution in [1.82, 2.24) is 9.88 Å². The number of rotatable bonds is 1. The minimum Gasteiger partial charge on any atom is -0.335 e. The van der Waals surface area contributed by atoms with E-state index >= 15 is 0 Å². The number of carbonyl (C=O) groups excluding carboxylic acids is 1. The lowest BCUT2D eigenvalue weighted by atomic mass is 10.3. The van der Waals surface area contributed by atoms with Crippen molar-refractivity contribution in [3.8, 4) is 0 Å². The normalized spacial score (nSPS) is 26.7. The van der Waals surface area contributed by atoms with Crippen molar-refractivity contribution in [3.05, 3.63) is 16.6 Å². The zero-order valence-corrected chi connectivity index (χ0v) is 10.5. The lowest BCUT2D eigenvalue weighted by molar-refractivity contribution is 0.0748. The van der Waals surface area contributed by atoms with Crippen LogP contribution in [0.25, 0.3) is 0 Å². The predicted molar refractivity (Wildman–Crippen MR) is 64.5 cm³/mol. The molecule has 0 saturated carbocycles. The Morgan fingerprint density at radius 1 is 1.47 bits per heavy atom. The Hall–Kier alpha value is -0.550. The second-order valence-corrected chi connectivity index (χ2v) is 6.44. The molecule has 0 bridgehead atoms. The first-order chi connectivity index (χ1) is 7.16. The maximum absolute atomic E-state index is 12.0. The van der Waals surface area contributed by atoms with Gasteiger partial charge in [0.1, 0.15) is 5.69 Å². The van der Waals surface area contributed by atoms with Gasteiger partial charge in [0.15, 0.2) is 0 Å². The van der Waals surface area contributed by atoms with Gasteiger partial charge in [0, 0.05) is 29.0 Å². The molecule has 1 amide bonds. The number of carbonyl (C=O) groups is 1. The summed E-state index contributed by atoms with van der Waals surface area (Å²) in [6.45, 7) is 6.01. The molecule has 0 radical (unpaired) electrons. The first-order valence-corrected chi connectivity index (χ1v) is 6.88. The fourth-order valence-corrected chi connectivity index (χ4v) is 3.67. The molecule has 15 heavy (non-hydrogen) atoms. The van der Waals surface area contributed by atoms with Crippen molar-refractivity contribution in [1.29, 1.82) is 0 Å². The SMILES string of the molecule is CC1CN(C(=O)c2cscn2)CC(C)S1. The Kier molecular flexibility index (Phi) is 3.31. The zero-order chi connectivity index (χ0) is 10.8. The number of amides is 1. The summed E-state index contributed by atoms with van der Waals surface area (Å²) < 4.78 is 0. The lowest BCUT2D eigenvalue weighted by Crippen LogP contribution is -2.44. The van der Waals surface area contributed by atoms with Gasteiger partial charge in [-0.3, -0.25) is 4.79 Å². The summed E-state index contributed by atoms with van der Waals surface area (Å²) in [5, 5.41) is 2.87. The van der Waals surface area contributed by atoms with E-state index in [0.29, 0.717) is 16.2 Å². The summed E-state index contributed by atoms with van der Waals surface area (Å²) in [6, 6.07) is 0. The zero-order valence-electron chi connectivity index (χ0n) is 8.84. The van der Waals surface area contributed by atoms with Crippen molar-refractivity contribution in [2.75, 3.05) is 13.1 Å². The third kappa shape index (κ3) is 2.52. The van der Waals surface area contributed by atoms with Crippen LogP contribution in [0.15, 0.2) is 10.9 Å². The van der Waals surface area contributed by atoms with Gasteiger partial charge in [-0.2, -0.15) is 11.8 Å². The molecule has 5 heteroatoms. The highest BCUT2D eigenvalue weighted by molar-refractivity contribution is 8.00. The molecule has 1 fully saturated rings. The molecule has 0 aromatic carbocycles. The lowest BCUT2D eigenvalue weighted by Gasteiger charge is -2.34. The molecular formula is C10H14N2OS2. The highest BCUT2D eigenvalue weighted by Crippen LogP contribution is 2.25. The molecule has 82 valence electrons. The van der Waals surface area contributed by atoms with Crippen molar-refractivity contribution in [2.24, 2.45) is 0 Å². The number of hydrogen-bond acceptors (Lipinski definition) is 4. The molecule has 1 saturated heterocycles. The molecular weight excluding hydrogens is 228 g/mol. The van der Waals surface area contributed by atoms with E-state index in [1.54, 1.807) is 5.51 Å². The fraction of sp³-hybridized carbons (Fsp3) is 0.600. The standard InChI is InChI=1S/C10H14N2OS2/c1-7-3-12(4-8(2)15-7)10(13)9-5-14-6-11-9/h5-8H,3-4H2,1-2H3. The predicted octanol–water partition coefficient (Wildman–Crippen LogP) is 2.11. The third-order valence-corrected chi connectivity index (χ3v) is 4.17. The number of aromatic nitrogens is 1. The van der Waals surface area contributed by atoms with E-state index in [1.807, 2.05) is 22.0 Å². The van der Waals surface area contributed by atoms with Gasteiger partial charge in [-0.15, -0.1) is 11.3 Å². The Labute approximate surface area is 97.9 Å². The summed E-state index contributed by atoms with van der Waals surface area (Å²) in [7, 11) is 0. The van der Waals surface area contributed by atoms with E-state index in [0.717, 1.165) is 13.1 Å². The van der Waals surface area contributed by atoms with Crippen LogP contribution in [-0.4, -0.2) is 39.4 Å². The molecule has 1 aromatic heterocycles. The molecule has 2 rings (SSSR count). The van der Waals surface area contributed by atoms with Crippen LogP contribution < -0.4 is 0 Å². The topological polar surface area (TPSA) is 33.2 Å². The number of thiazole rings is 1. The van der Waals surface area contributed by atoms with Gasteiger partial charge < -0.3 is 4.90 Å². The van der Waals surface area contributed by atoms with Crippen molar-refractivity contribution < 1.29 is 4.79 Å². The van der Waals surface area contributed by atoms with Crippen molar-refractivity contribution in [2.45, 2.75) is 24.3 Å². The van der Waals surface area contributed by atoms with Crippen LogP contribution in [-0.2, 0) is 0 Å². The Morgan fingerprint density at radius 3 is 2.67 bits per heavy atom. The molecule has 3 nitrogen and oxygen atoms in total. The van der Waals surface area contributed by atoms with Crippen LogP contribution in [0.4, 0.5) is 0 Å². The molecule has 2 heterocycles. The third-order valence-electron chi connectivity index (χ3n) is 2.36. The first-order valence-electron chi connectivity index (χ1n) is 4.99. The number of hydrogen-bond donors (Lipinski definition) is 0. The summed E-state index contributed by atoms with van der Waals surface area (Å²) >= 11 is 3.42. The second kappa shape index (κ2) is 4.53. The smallest absolute Gasteiger partial charge is 0.273 e. The highest BCUT2D eigenvalue weighted by atomic mass is 32.2. The van der Waals surface area contributed by atoms with Crippen molar-refractivity contribution in [3.63, 3.8) is 0 Å². The van der Waals surface area contributed by atoms with Gasteiger partial charge in [-0.05, 0) is 0 Å². The van der Waals surface area contributed by atoms with E-state index in [2.05, 4.69) is 18.8 Å². The van der Waals surface area contributed by atoms with E-state index in [1.165, 1.54) is 11.3 Å². The van der Waals surface area contributed by atoms with Gasteiger partial charge in [-0.1, -0.05) is 13.8 Å². The second-order valence-electron chi connectivity index (χ2n) is 3.84. The molecule has 0 N–H and O–H groups in total. The minimum absolute atomic E-state index is 0.0789. The van der Waals surface area contributed by atoms with Crippen LogP contribution in [0.1, 0.15) is 24.3 Å². The minimum atomic E-state index is 0.0789. The molecule has 1 aliphatic rings. The van der Waals surface area contributed by atoms with Gasteiger partial charge in [0.2, 0.25) is 0 Å². The molecule has 1 aromatic rings. The summed E-state index contributed by atoms with van der Waals surface area (Å²) in [6.07, 6.45) is 0. The number of thioether (sulfide) groups is 1. The van der Waals surface area contributed by atoms with E-state index in [4.69, 9.17) is 0 Å². The van der Waals surface area contributed by atoms with Crippen LogP contribution in [0, 0.1) is 0 Å². The summed E-state index contributed by atoms with van der Waals surface area (Å²) in [5.74, 6) is 0.0789. The molecule has 0 aliphatic carbocycles. The van der Waals surface area contributed by atoms with Crippen LogP contribution in [0.5, 0.6) is 0 Å². The Balaban J connectivity index is 2.07. The van der Waals surface area contributed by atoms with E-state index in [-0.39, 0.29) is 5.91 Å². The first kappa shape index (κ1) is 11.0. The van der Waals surface area contributed by atoms with Crippen LogP contribution in [0.2, 0.25) is 0 Å². The molecule has 0 spiro atoms. The maximum atomic E-state index is 12.0. The van der Waals surface area contributed by atoms with Crippen LogP contribution >= 0.6 is 23.1 Å². The van der Waals surface area contributed by atoms with E-state index in [9.17, 15) is 4.79 Å². The summed E-state index contributed by atoms with van der Waals surface area (Å²) in [5.41, 5.74) is 2.30. The Bertz CT molecular complexity index is 329. The average Bonchev–Trinajstić information content (AvgIpc) is 2.67. The van der Waals surface area contributed by atoms with Crippen LogP contribution in [0.3, 0.4) is 0 Å².